The lowest BCUT2D eigenvalue weighted by atomic mass is 9.92. The van der Waals surface area contributed by atoms with Gasteiger partial charge in [0.1, 0.15) is 5.78 Å². The van der Waals surface area contributed by atoms with Crippen LogP contribution < -0.4 is 0 Å². The molecule has 0 saturated carbocycles. The van der Waals surface area contributed by atoms with E-state index < -0.39 is 12.1 Å². The minimum absolute atomic E-state index is 0.0766. The molecule has 1 saturated heterocycles. The van der Waals surface area contributed by atoms with Crippen LogP contribution in [0.4, 0.5) is 0 Å². The van der Waals surface area contributed by atoms with E-state index in [0.717, 1.165) is 0 Å². The van der Waals surface area contributed by atoms with Crippen LogP contribution in [0.3, 0.4) is 0 Å². The summed E-state index contributed by atoms with van der Waals surface area (Å²) in [6.07, 6.45) is 0.566. The van der Waals surface area contributed by atoms with E-state index in [9.17, 15) is 9.59 Å². The minimum Gasteiger partial charge on any atom is -0.467 e. The molecule has 0 aromatic rings. The highest BCUT2D eigenvalue weighted by Gasteiger charge is 2.31. The summed E-state index contributed by atoms with van der Waals surface area (Å²) < 4.78 is 9.78. The Morgan fingerprint density at radius 1 is 1.57 bits per heavy atom. The second-order valence-corrected chi connectivity index (χ2v) is 3.76. The van der Waals surface area contributed by atoms with E-state index in [1.165, 1.54) is 7.11 Å². The Balaban J connectivity index is 2.51. The first-order valence-corrected chi connectivity index (χ1v) is 5.59. The molecule has 0 bridgehead atoms. The van der Waals surface area contributed by atoms with Gasteiger partial charge >= 0.3 is 5.97 Å². The molecule has 1 fully saturated rings. The van der Waals surface area contributed by atoms with Gasteiger partial charge in [-0.2, -0.15) is 0 Å². The van der Waals surface area contributed by atoms with Crippen LogP contribution >= 0.6 is 15.9 Å². The van der Waals surface area contributed by atoms with Crippen LogP contribution in [0, 0.1) is 5.92 Å². The third-order valence-corrected chi connectivity index (χ3v) is 2.89. The number of ether oxygens (including phenoxy) is 2. The lowest BCUT2D eigenvalue weighted by molar-refractivity contribution is -0.159. The number of alkyl halides is 1. The largest absolute Gasteiger partial charge is 0.467 e. The van der Waals surface area contributed by atoms with Gasteiger partial charge in [0.05, 0.1) is 12.4 Å². The first-order chi connectivity index (χ1) is 6.69. The van der Waals surface area contributed by atoms with Crippen LogP contribution in [0.2, 0.25) is 0 Å². The molecule has 0 radical (unpaired) electrons. The van der Waals surface area contributed by atoms with Gasteiger partial charge in [0.25, 0.3) is 0 Å². The van der Waals surface area contributed by atoms with Crippen molar-refractivity contribution in [3.8, 4) is 0 Å². The molecule has 80 valence electrons. The number of halogens is 1. The van der Waals surface area contributed by atoms with Crippen LogP contribution in [0.1, 0.15) is 12.8 Å². The van der Waals surface area contributed by atoms with Crippen molar-refractivity contribution < 1.29 is 19.1 Å². The molecule has 0 aliphatic carbocycles. The maximum atomic E-state index is 11.4. The second-order valence-electron chi connectivity index (χ2n) is 3.20. The van der Waals surface area contributed by atoms with Gasteiger partial charge in [-0.15, -0.1) is 0 Å². The summed E-state index contributed by atoms with van der Waals surface area (Å²) in [5.41, 5.74) is 0. The van der Waals surface area contributed by atoms with Crippen molar-refractivity contribution in [3.63, 3.8) is 0 Å². The molecular weight excluding hydrogens is 252 g/mol. The van der Waals surface area contributed by atoms with E-state index in [1.54, 1.807) is 0 Å². The fourth-order valence-electron chi connectivity index (χ4n) is 1.49. The molecule has 0 N–H and O–H groups in total. The smallest absolute Gasteiger partial charge is 0.334 e. The summed E-state index contributed by atoms with van der Waals surface area (Å²) >= 11 is 3.12. The predicted molar refractivity (Wildman–Crippen MR) is 53.3 cm³/mol. The standard InChI is InChI=1S/C9H13BrO4/c1-13-9(12)8-4-6(2-3-14-8)7(11)5-10/h6,8H,2-5H2,1H3. The Hall–Kier alpha value is -0.420. The summed E-state index contributed by atoms with van der Waals surface area (Å²) in [4.78, 5) is 22.5. The molecule has 2 atom stereocenters. The molecule has 0 spiro atoms. The average Bonchev–Trinajstić information content (AvgIpc) is 2.27. The Labute approximate surface area is 91.1 Å². The zero-order chi connectivity index (χ0) is 10.6. The second kappa shape index (κ2) is 5.46. The number of esters is 1. The normalized spacial score (nSPS) is 27.0. The quantitative estimate of drug-likeness (QED) is 0.562. The van der Waals surface area contributed by atoms with Gasteiger partial charge in [-0.3, -0.25) is 4.79 Å². The van der Waals surface area contributed by atoms with Gasteiger partial charge in [-0.25, -0.2) is 4.79 Å². The molecule has 1 aliphatic rings. The zero-order valence-corrected chi connectivity index (χ0v) is 9.58. The van der Waals surface area contributed by atoms with Crippen LogP contribution in [0.25, 0.3) is 0 Å². The lowest BCUT2D eigenvalue weighted by Gasteiger charge is -2.26. The number of rotatable bonds is 3. The van der Waals surface area contributed by atoms with Gasteiger partial charge < -0.3 is 9.47 Å². The topological polar surface area (TPSA) is 52.6 Å². The Morgan fingerprint density at radius 2 is 2.29 bits per heavy atom. The summed E-state index contributed by atoms with van der Waals surface area (Å²) in [7, 11) is 1.32. The SMILES string of the molecule is COC(=O)C1CC(C(=O)CBr)CCO1. The number of carbonyl (C=O) groups is 2. The number of methoxy groups -OCH3 is 1. The third-order valence-electron chi connectivity index (χ3n) is 2.34. The van der Waals surface area contributed by atoms with Gasteiger partial charge in [0.15, 0.2) is 6.10 Å². The van der Waals surface area contributed by atoms with Gasteiger partial charge in [0, 0.05) is 12.5 Å². The van der Waals surface area contributed by atoms with E-state index in [4.69, 9.17) is 4.74 Å². The maximum Gasteiger partial charge on any atom is 0.334 e. The van der Waals surface area contributed by atoms with Gasteiger partial charge in [-0.05, 0) is 12.8 Å². The average molecular weight is 265 g/mol. The van der Waals surface area contributed by atoms with E-state index in [1.807, 2.05) is 0 Å². The molecule has 1 aliphatic heterocycles. The molecule has 4 nitrogen and oxygen atoms in total. The van der Waals surface area contributed by atoms with Crippen molar-refractivity contribution in [2.24, 2.45) is 5.92 Å². The summed E-state index contributed by atoms with van der Waals surface area (Å²) in [6.45, 7) is 0.448. The number of hydrogen-bond acceptors (Lipinski definition) is 4. The number of ketones is 1. The van der Waals surface area contributed by atoms with E-state index in [2.05, 4.69) is 20.7 Å². The van der Waals surface area contributed by atoms with Crippen molar-refractivity contribution in [1.82, 2.24) is 0 Å². The molecule has 5 heteroatoms. The highest BCUT2D eigenvalue weighted by molar-refractivity contribution is 9.09. The Morgan fingerprint density at radius 3 is 2.86 bits per heavy atom. The molecule has 1 rings (SSSR count). The first kappa shape index (κ1) is 11.7. The molecule has 0 amide bonds. The highest BCUT2D eigenvalue weighted by atomic mass is 79.9. The Kier molecular flexibility index (Phi) is 4.54. The van der Waals surface area contributed by atoms with Gasteiger partial charge in [0.2, 0.25) is 0 Å². The molecule has 1 heterocycles. The maximum absolute atomic E-state index is 11.4. The Bertz CT molecular complexity index is 207. The fourth-order valence-corrected chi connectivity index (χ4v) is 1.95. The molecule has 2 unspecified atom stereocenters. The number of carbonyl (C=O) groups excluding carboxylic acids is 2. The number of Topliss-reactive ketones (excluding diaryl/α,β-unsaturated/α-hetero) is 1. The van der Waals surface area contributed by atoms with Crippen LogP contribution in [0.15, 0.2) is 0 Å². The molecule has 14 heavy (non-hydrogen) atoms. The predicted octanol–water partition coefficient (Wildman–Crippen LogP) is 0.919. The summed E-state index contributed by atoms with van der Waals surface area (Å²) in [5, 5.41) is 0.339. The van der Waals surface area contributed by atoms with Crippen molar-refractivity contribution in [2.45, 2.75) is 18.9 Å². The van der Waals surface area contributed by atoms with Crippen molar-refractivity contribution in [2.75, 3.05) is 19.0 Å². The summed E-state index contributed by atoms with van der Waals surface area (Å²) in [5.74, 6) is -0.341. The van der Waals surface area contributed by atoms with Crippen LogP contribution in [-0.2, 0) is 19.1 Å². The van der Waals surface area contributed by atoms with Crippen molar-refractivity contribution >= 4 is 27.7 Å². The van der Waals surface area contributed by atoms with Crippen LogP contribution in [0.5, 0.6) is 0 Å². The summed E-state index contributed by atoms with van der Waals surface area (Å²) in [6, 6.07) is 0. The first-order valence-electron chi connectivity index (χ1n) is 4.47. The van der Waals surface area contributed by atoms with E-state index in [-0.39, 0.29) is 11.7 Å². The minimum atomic E-state index is -0.568. The fraction of sp³-hybridized carbons (Fsp3) is 0.778. The number of hydrogen-bond donors (Lipinski definition) is 0. The monoisotopic (exact) mass is 264 g/mol. The lowest BCUT2D eigenvalue weighted by Crippen LogP contribution is -2.36. The molecule has 0 aromatic heterocycles. The third kappa shape index (κ3) is 2.78. The van der Waals surface area contributed by atoms with Crippen molar-refractivity contribution in [1.29, 1.82) is 0 Å². The van der Waals surface area contributed by atoms with E-state index in [0.29, 0.717) is 24.8 Å². The highest BCUT2D eigenvalue weighted by Crippen LogP contribution is 2.22. The molecular formula is C9H13BrO4. The molecule has 0 aromatic carbocycles. The van der Waals surface area contributed by atoms with Crippen LogP contribution in [-0.4, -0.2) is 36.9 Å². The van der Waals surface area contributed by atoms with Gasteiger partial charge in [-0.1, -0.05) is 15.9 Å². The van der Waals surface area contributed by atoms with Crippen molar-refractivity contribution in [3.05, 3.63) is 0 Å². The zero-order valence-electron chi connectivity index (χ0n) is 7.99. The van der Waals surface area contributed by atoms with E-state index >= 15 is 0 Å².